The lowest BCUT2D eigenvalue weighted by atomic mass is 9.81. The van der Waals surface area contributed by atoms with Crippen molar-refractivity contribution < 1.29 is 0 Å². The molecule has 0 fully saturated rings. The Kier molecular flexibility index (Phi) is 6.88. The van der Waals surface area contributed by atoms with Crippen LogP contribution in [0.15, 0.2) is 176 Å². The Bertz CT molecular complexity index is 2140. The maximum Gasteiger partial charge on any atom is 0.0546 e. The molecule has 1 nitrogen and oxygen atoms in total. The average molecular weight is 590 g/mol. The molecule has 7 aromatic rings. The van der Waals surface area contributed by atoms with Crippen LogP contribution >= 0.6 is 0 Å². The first kappa shape index (κ1) is 27.9. The molecule has 0 spiro atoms. The van der Waals surface area contributed by atoms with Crippen molar-refractivity contribution in [1.29, 1.82) is 0 Å². The summed E-state index contributed by atoms with van der Waals surface area (Å²) < 4.78 is 0. The number of rotatable bonds is 6. The standard InChI is InChI=1S/C45H35N/c1-45(2)41-23-13-12-21-39(41)40-30-27-35(31-42(40)45)32-25-28-37(29-26-32)46(36-19-10-5-11-20-36)43-24-14-22-38(33-15-6-3-7-16-33)44(43)34-17-8-4-9-18-34/h3-31H,1-2H3. The fraction of sp³-hybridized carbons (Fsp3) is 0.0667. The lowest BCUT2D eigenvalue weighted by molar-refractivity contribution is 0.660. The van der Waals surface area contributed by atoms with E-state index >= 15 is 0 Å². The second-order valence-electron chi connectivity index (χ2n) is 12.6. The first-order valence-corrected chi connectivity index (χ1v) is 16.0. The molecule has 0 atom stereocenters. The van der Waals surface area contributed by atoms with Crippen LogP contribution in [0, 0.1) is 0 Å². The number of fused-ring (bicyclic) bond motifs is 3. The van der Waals surface area contributed by atoms with Gasteiger partial charge in [-0.15, -0.1) is 0 Å². The zero-order valence-corrected chi connectivity index (χ0v) is 26.2. The van der Waals surface area contributed by atoms with E-state index in [1.807, 2.05) is 0 Å². The quantitative estimate of drug-likeness (QED) is 0.186. The maximum absolute atomic E-state index is 2.40. The topological polar surface area (TPSA) is 3.24 Å². The smallest absolute Gasteiger partial charge is 0.0546 e. The Labute approximate surface area is 272 Å². The minimum Gasteiger partial charge on any atom is -0.310 e. The van der Waals surface area contributed by atoms with Gasteiger partial charge >= 0.3 is 0 Å². The monoisotopic (exact) mass is 589 g/mol. The van der Waals surface area contributed by atoms with Gasteiger partial charge in [0.05, 0.1) is 5.69 Å². The molecule has 0 N–H and O–H groups in total. The minimum absolute atomic E-state index is 0.0242. The van der Waals surface area contributed by atoms with Crippen LogP contribution < -0.4 is 4.90 Å². The third-order valence-corrected chi connectivity index (χ3v) is 9.49. The van der Waals surface area contributed by atoms with Gasteiger partial charge in [-0.1, -0.05) is 153 Å². The molecule has 0 bridgehead atoms. The van der Waals surface area contributed by atoms with Crippen LogP contribution in [0.25, 0.3) is 44.5 Å². The molecule has 0 radical (unpaired) electrons. The van der Waals surface area contributed by atoms with E-state index in [2.05, 4.69) is 195 Å². The predicted molar refractivity (Wildman–Crippen MR) is 195 cm³/mol. The molecule has 1 heteroatoms. The highest BCUT2D eigenvalue weighted by Crippen LogP contribution is 2.50. The Balaban J connectivity index is 1.25. The second-order valence-corrected chi connectivity index (χ2v) is 12.6. The van der Waals surface area contributed by atoms with Crippen molar-refractivity contribution in [2.45, 2.75) is 19.3 Å². The second kappa shape index (κ2) is 11.4. The van der Waals surface area contributed by atoms with Crippen molar-refractivity contribution in [2.75, 3.05) is 4.90 Å². The van der Waals surface area contributed by atoms with Crippen molar-refractivity contribution in [2.24, 2.45) is 0 Å². The Hall–Kier alpha value is -5.66. The lowest BCUT2D eigenvalue weighted by Gasteiger charge is -2.29. The number of para-hydroxylation sites is 1. The van der Waals surface area contributed by atoms with Crippen molar-refractivity contribution in [3.63, 3.8) is 0 Å². The van der Waals surface area contributed by atoms with E-state index in [0.29, 0.717) is 0 Å². The molecule has 1 aliphatic carbocycles. The largest absolute Gasteiger partial charge is 0.310 e. The first-order chi connectivity index (χ1) is 22.6. The third kappa shape index (κ3) is 4.73. The van der Waals surface area contributed by atoms with Gasteiger partial charge in [0.1, 0.15) is 0 Å². The number of hydrogen-bond acceptors (Lipinski definition) is 1. The van der Waals surface area contributed by atoms with E-state index in [0.717, 1.165) is 17.1 Å². The third-order valence-electron chi connectivity index (χ3n) is 9.49. The highest BCUT2D eigenvalue weighted by molar-refractivity contribution is 5.97. The average Bonchev–Trinajstić information content (AvgIpc) is 3.35. The van der Waals surface area contributed by atoms with Gasteiger partial charge in [0.25, 0.3) is 0 Å². The van der Waals surface area contributed by atoms with Gasteiger partial charge in [-0.3, -0.25) is 0 Å². The van der Waals surface area contributed by atoms with Crippen LogP contribution in [0.1, 0.15) is 25.0 Å². The highest BCUT2D eigenvalue weighted by atomic mass is 15.1. The Morgan fingerprint density at radius 3 is 1.63 bits per heavy atom. The van der Waals surface area contributed by atoms with Crippen LogP contribution in [-0.4, -0.2) is 0 Å². The fourth-order valence-electron chi connectivity index (χ4n) is 7.18. The van der Waals surface area contributed by atoms with Gasteiger partial charge < -0.3 is 4.90 Å². The van der Waals surface area contributed by atoms with Crippen molar-refractivity contribution in [3.8, 4) is 44.5 Å². The summed E-state index contributed by atoms with van der Waals surface area (Å²) in [5, 5.41) is 0. The van der Waals surface area contributed by atoms with Gasteiger partial charge in [-0.05, 0) is 86.5 Å². The molecule has 0 heterocycles. The van der Waals surface area contributed by atoms with E-state index in [-0.39, 0.29) is 5.41 Å². The molecule has 8 rings (SSSR count). The molecule has 46 heavy (non-hydrogen) atoms. The number of nitrogens with zero attached hydrogens (tertiary/aromatic N) is 1. The van der Waals surface area contributed by atoms with Gasteiger partial charge in [-0.2, -0.15) is 0 Å². The summed E-state index contributed by atoms with van der Waals surface area (Å²) in [5.41, 5.74) is 16.1. The van der Waals surface area contributed by atoms with Crippen LogP contribution in [0.2, 0.25) is 0 Å². The summed E-state index contributed by atoms with van der Waals surface area (Å²) in [6.07, 6.45) is 0. The van der Waals surface area contributed by atoms with Crippen molar-refractivity contribution in [1.82, 2.24) is 0 Å². The summed E-state index contributed by atoms with van der Waals surface area (Å²) in [4.78, 5) is 2.39. The SMILES string of the molecule is CC1(C)c2ccccc2-c2ccc(-c3ccc(N(c4ccccc4)c4cccc(-c5ccccc5)c4-c4ccccc4)cc3)cc21. The molecular formula is C45H35N. The predicted octanol–water partition coefficient (Wildman–Crippen LogP) is 12.5. The van der Waals surface area contributed by atoms with Gasteiger partial charge in [0.15, 0.2) is 0 Å². The van der Waals surface area contributed by atoms with E-state index in [9.17, 15) is 0 Å². The summed E-state index contributed by atoms with van der Waals surface area (Å²) in [5.74, 6) is 0. The zero-order chi connectivity index (χ0) is 31.1. The van der Waals surface area contributed by atoms with Gasteiger partial charge in [0, 0.05) is 22.4 Å². The first-order valence-electron chi connectivity index (χ1n) is 16.0. The van der Waals surface area contributed by atoms with Crippen LogP contribution in [0.3, 0.4) is 0 Å². The molecule has 0 saturated heterocycles. The maximum atomic E-state index is 2.40. The Morgan fingerprint density at radius 2 is 0.913 bits per heavy atom. The number of hydrogen-bond donors (Lipinski definition) is 0. The molecule has 1 aliphatic rings. The van der Waals surface area contributed by atoms with Crippen LogP contribution in [0.4, 0.5) is 17.1 Å². The van der Waals surface area contributed by atoms with Gasteiger partial charge in [0.2, 0.25) is 0 Å². The van der Waals surface area contributed by atoms with Crippen molar-refractivity contribution >= 4 is 17.1 Å². The number of anilines is 3. The Morgan fingerprint density at radius 1 is 0.370 bits per heavy atom. The van der Waals surface area contributed by atoms with Crippen LogP contribution in [0.5, 0.6) is 0 Å². The molecule has 220 valence electrons. The summed E-state index contributed by atoms with van der Waals surface area (Å²) >= 11 is 0. The molecular weight excluding hydrogens is 555 g/mol. The summed E-state index contributed by atoms with van der Waals surface area (Å²) in [7, 11) is 0. The van der Waals surface area contributed by atoms with Crippen LogP contribution in [-0.2, 0) is 5.41 Å². The zero-order valence-electron chi connectivity index (χ0n) is 26.2. The van der Waals surface area contributed by atoms with E-state index < -0.39 is 0 Å². The molecule has 7 aromatic carbocycles. The normalized spacial score (nSPS) is 12.7. The molecule has 0 unspecified atom stereocenters. The lowest BCUT2D eigenvalue weighted by Crippen LogP contribution is -2.14. The van der Waals surface area contributed by atoms with E-state index in [1.165, 1.54) is 55.6 Å². The summed E-state index contributed by atoms with van der Waals surface area (Å²) in [6.45, 7) is 4.69. The molecule has 0 saturated carbocycles. The molecule has 0 aromatic heterocycles. The highest BCUT2D eigenvalue weighted by Gasteiger charge is 2.35. The van der Waals surface area contributed by atoms with E-state index in [1.54, 1.807) is 0 Å². The molecule has 0 amide bonds. The summed E-state index contributed by atoms with van der Waals surface area (Å²) in [6, 6.07) is 63.7. The fourth-order valence-corrected chi connectivity index (χ4v) is 7.18. The molecule has 0 aliphatic heterocycles. The minimum atomic E-state index is -0.0242. The van der Waals surface area contributed by atoms with Crippen molar-refractivity contribution in [3.05, 3.63) is 187 Å². The number of benzene rings is 7. The van der Waals surface area contributed by atoms with Gasteiger partial charge in [-0.25, -0.2) is 0 Å². The van der Waals surface area contributed by atoms with E-state index in [4.69, 9.17) is 0 Å².